The van der Waals surface area contributed by atoms with Crippen LogP contribution >= 0.6 is 0 Å². The summed E-state index contributed by atoms with van der Waals surface area (Å²) in [6, 6.07) is -0.176. The Kier molecular flexibility index (Phi) is 5.16. The molecule has 1 saturated carbocycles. The maximum atomic E-state index is 12.3. The van der Waals surface area contributed by atoms with E-state index in [0.29, 0.717) is 30.6 Å². The van der Waals surface area contributed by atoms with Gasteiger partial charge >= 0.3 is 12.1 Å². The quantitative estimate of drug-likeness (QED) is 0.806. The number of alkyl halides is 3. The smallest absolute Gasteiger partial charge is 0.406 e. The van der Waals surface area contributed by atoms with Crippen molar-refractivity contribution in [2.75, 3.05) is 13.1 Å². The van der Waals surface area contributed by atoms with Gasteiger partial charge in [-0.1, -0.05) is 0 Å². The van der Waals surface area contributed by atoms with Crippen molar-refractivity contribution in [3.05, 3.63) is 0 Å². The minimum atomic E-state index is -4.48. The van der Waals surface area contributed by atoms with Gasteiger partial charge in [0.25, 0.3) is 0 Å². The number of amides is 2. The highest BCUT2D eigenvalue weighted by molar-refractivity contribution is 5.89. The summed E-state index contributed by atoms with van der Waals surface area (Å²) in [7, 11) is 0. The molecule has 1 heterocycles. The molecular formula is C14H19F3N2O4. The number of carboxylic acid groups (broad SMARTS) is 1. The summed E-state index contributed by atoms with van der Waals surface area (Å²) in [5.41, 5.74) is 0. The fraction of sp³-hybridized carbons (Fsp3) is 0.786. The maximum absolute atomic E-state index is 12.3. The summed E-state index contributed by atoms with van der Waals surface area (Å²) in [6.45, 7) is -1.56. The van der Waals surface area contributed by atoms with E-state index in [2.05, 4.69) is 5.32 Å². The highest BCUT2D eigenvalue weighted by Gasteiger charge is 2.41. The monoisotopic (exact) mass is 336 g/mol. The van der Waals surface area contributed by atoms with E-state index < -0.39 is 42.3 Å². The molecule has 2 amide bonds. The lowest BCUT2D eigenvalue weighted by atomic mass is 9.86. The van der Waals surface area contributed by atoms with E-state index in [4.69, 9.17) is 5.11 Å². The third-order valence-corrected chi connectivity index (χ3v) is 4.38. The van der Waals surface area contributed by atoms with Gasteiger partial charge in [-0.2, -0.15) is 13.2 Å². The molecule has 0 spiro atoms. The Hall–Kier alpha value is -1.80. The number of aliphatic carboxylic acids is 1. The highest BCUT2D eigenvalue weighted by atomic mass is 19.4. The van der Waals surface area contributed by atoms with Gasteiger partial charge in [-0.15, -0.1) is 0 Å². The van der Waals surface area contributed by atoms with Gasteiger partial charge in [-0.3, -0.25) is 14.4 Å². The van der Waals surface area contributed by atoms with Crippen molar-refractivity contribution in [3.63, 3.8) is 0 Å². The van der Waals surface area contributed by atoms with E-state index in [-0.39, 0.29) is 19.0 Å². The average Bonchev–Trinajstić information content (AvgIpc) is 2.79. The molecule has 1 aliphatic carbocycles. The van der Waals surface area contributed by atoms with Gasteiger partial charge in [-0.05, 0) is 25.7 Å². The van der Waals surface area contributed by atoms with Gasteiger partial charge in [0.1, 0.15) is 6.54 Å². The first-order valence-corrected chi connectivity index (χ1v) is 7.53. The number of nitrogens with one attached hydrogen (secondary N) is 1. The van der Waals surface area contributed by atoms with Gasteiger partial charge in [0.2, 0.25) is 11.8 Å². The molecule has 2 fully saturated rings. The summed E-state index contributed by atoms with van der Waals surface area (Å²) in [6.07, 6.45) is -2.72. The number of halogens is 3. The molecule has 2 N–H and O–H groups in total. The Bertz CT molecular complexity index is 487. The van der Waals surface area contributed by atoms with Crippen molar-refractivity contribution in [2.24, 2.45) is 11.8 Å². The Balaban J connectivity index is 1.81. The Morgan fingerprint density at radius 2 is 1.78 bits per heavy atom. The molecule has 1 saturated heterocycles. The van der Waals surface area contributed by atoms with E-state index in [1.807, 2.05) is 0 Å². The number of rotatable bonds is 4. The maximum Gasteiger partial charge on any atom is 0.406 e. The Morgan fingerprint density at radius 3 is 2.30 bits per heavy atom. The SMILES string of the molecule is O=C(O)C1CCC(NC(=O)[C@H]2CC(=O)N(CC(F)(F)F)C2)CC1. The van der Waals surface area contributed by atoms with Crippen LogP contribution in [-0.2, 0) is 14.4 Å². The van der Waals surface area contributed by atoms with Gasteiger partial charge in [0.05, 0.1) is 11.8 Å². The zero-order chi connectivity index (χ0) is 17.2. The molecule has 0 unspecified atom stereocenters. The first-order chi connectivity index (χ1) is 10.7. The molecule has 1 aliphatic heterocycles. The van der Waals surface area contributed by atoms with Crippen molar-refractivity contribution in [2.45, 2.75) is 44.3 Å². The normalized spacial score (nSPS) is 28.7. The van der Waals surface area contributed by atoms with Crippen molar-refractivity contribution < 1.29 is 32.7 Å². The molecule has 130 valence electrons. The van der Waals surface area contributed by atoms with Crippen LogP contribution in [0.2, 0.25) is 0 Å². The largest absolute Gasteiger partial charge is 0.481 e. The fourth-order valence-electron chi connectivity index (χ4n) is 3.12. The molecule has 2 aliphatic rings. The van der Waals surface area contributed by atoms with Crippen LogP contribution in [0, 0.1) is 11.8 Å². The minimum Gasteiger partial charge on any atom is -0.481 e. The fourth-order valence-corrected chi connectivity index (χ4v) is 3.12. The van der Waals surface area contributed by atoms with Gasteiger partial charge in [0, 0.05) is 19.0 Å². The molecule has 1 atom stereocenters. The molecule has 0 aromatic rings. The number of carbonyl (C=O) groups excluding carboxylic acids is 2. The second-order valence-corrected chi connectivity index (χ2v) is 6.19. The molecule has 2 rings (SSSR count). The molecule has 0 aromatic heterocycles. The number of carbonyl (C=O) groups is 3. The topological polar surface area (TPSA) is 86.7 Å². The number of hydrogen-bond acceptors (Lipinski definition) is 3. The van der Waals surface area contributed by atoms with Crippen molar-refractivity contribution in [1.29, 1.82) is 0 Å². The lowest BCUT2D eigenvalue weighted by molar-refractivity contribution is -0.157. The second kappa shape index (κ2) is 6.76. The summed E-state index contributed by atoms with van der Waals surface area (Å²) >= 11 is 0. The van der Waals surface area contributed by atoms with E-state index in [1.165, 1.54) is 0 Å². The third kappa shape index (κ3) is 4.84. The lowest BCUT2D eigenvalue weighted by Gasteiger charge is -2.27. The summed E-state index contributed by atoms with van der Waals surface area (Å²) in [5, 5.41) is 11.6. The summed E-state index contributed by atoms with van der Waals surface area (Å²) < 4.78 is 37.0. The number of likely N-dealkylation sites (tertiary alicyclic amines) is 1. The predicted octanol–water partition coefficient (Wildman–Crippen LogP) is 1.16. The minimum absolute atomic E-state index is 0.176. The molecular weight excluding hydrogens is 317 g/mol. The van der Waals surface area contributed by atoms with E-state index in [0.717, 1.165) is 0 Å². The standard InChI is InChI=1S/C14H19F3N2O4/c15-14(16,17)7-19-6-9(5-11(19)20)12(21)18-10-3-1-8(2-4-10)13(22)23/h8-10H,1-7H2,(H,18,21)(H,22,23)/t8?,9-,10?/m0/s1. The van der Waals surface area contributed by atoms with E-state index in [1.54, 1.807) is 0 Å². The number of nitrogens with zero attached hydrogens (tertiary/aromatic N) is 1. The van der Waals surface area contributed by atoms with Crippen molar-refractivity contribution in [3.8, 4) is 0 Å². The van der Waals surface area contributed by atoms with Crippen molar-refractivity contribution >= 4 is 17.8 Å². The molecule has 0 bridgehead atoms. The Morgan fingerprint density at radius 1 is 1.17 bits per heavy atom. The lowest BCUT2D eigenvalue weighted by Crippen LogP contribution is -2.42. The highest BCUT2D eigenvalue weighted by Crippen LogP contribution is 2.27. The number of hydrogen-bond donors (Lipinski definition) is 2. The number of carboxylic acids is 1. The van der Waals surface area contributed by atoms with Gasteiger partial charge in [-0.25, -0.2) is 0 Å². The third-order valence-electron chi connectivity index (χ3n) is 4.38. The predicted molar refractivity (Wildman–Crippen MR) is 72.3 cm³/mol. The average molecular weight is 336 g/mol. The van der Waals surface area contributed by atoms with E-state index in [9.17, 15) is 27.6 Å². The first-order valence-electron chi connectivity index (χ1n) is 7.53. The molecule has 9 heteroatoms. The van der Waals surface area contributed by atoms with Crippen LogP contribution < -0.4 is 5.32 Å². The summed E-state index contributed by atoms with van der Waals surface area (Å²) in [4.78, 5) is 35.2. The van der Waals surface area contributed by atoms with Crippen LogP contribution in [0.4, 0.5) is 13.2 Å². The zero-order valence-electron chi connectivity index (χ0n) is 12.4. The van der Waals surface area contributed by atoms with Gasteiger partial charge < -0.3 is 15.3 Å². The molecule has 0 radical (unpaired) electrons. The Labute approximate surface area is 131 Å². The van der Waals surface area contributed by atoms with Crippen LogP contribution in [0.15, 0.2) is 0 Å². The first kappa shape index (κ1) is 17.6. The van der Waals surface area contributed by atoms with Crippen molar-refractivity contribution in [1.82, 2.24) is 10.2 Å². The van der Waals surface area contributed by atoms with E-state index >= 15 is 0 Å². The van der Waals surface area contributed by atoms with Gasteiger partial charge in [0.15, 0.2) is 0 Å². The van der Waals surface area contributed by atoms with Crippen LogP contribution in [-0.4, -0.2) is 53.1 Å². The van der Waals surface area contributed by atoms with Crippen LogP contribution in [0.3, 0.4) is 0 Å². The second-order valence-electron chi connectivity index (χ2n) is 6.19. The zero-order valence-corrected chi connectivity index (χ0v) is 12.4. The summed E-state index contributed by atoms with van der Waals surface area (Å²) in [5.74, 6) is -3.13. The molecule has 23 heavy (non-hydrogen) atoms. The van der Waals surface area contributed by atoms with Crippen LogP contribution in [0.5, 0.6) is 0 Å². The van der Waals surface area contributed by atoms with Crippen LogP contribution in [0.25, 0.3) is 0 Å². The molecule has 0 aromatic carbocycles. The molecule has 6 nitrogen and oxygen atoms in total. The van der Waals surface area contributed by atoms with Crippen LogP contribution in [0.1, 0.15) is 32.1 Å².